The molecule has 0 unspecified atom stereocenters. The van der Waals surface area contributed by atoms with Gasteiger partial charge in [-0.2, -0.15) is 0 Å². The van der Waals surface area contributed by atoms with E-state index in [2.05, 4.69) is 10.3 Å². The van der Waals surface area contributed by atoms with Gasteiger partial charge in [0.15, 0.2) is 0 Å². The predicted octanol–water partition coefficient (Wildman–Crippen LogP) is 1.43. The number of pyridine rings is 1. The molecule has 0 aliphatic heterocycles. The molecule has 0 aliphatic rings. The third-order valence-corrected chi connectivity index (χ3v) is 3.57. The molecule has 0 aliphatic carbocycles. The molecule has 0 fully saturated rings. The Morgan fingerprint density at radius 3 is 2.57 bits per heavy atom. The van der Waals surface area contributed by atoms with Crippen LogP contribution < -0.4 is 10.5 Å². The number of aromatic nitrogens is 1. The predicted molar refractivity (Wildman–Crippen MR) is 74.7 cm³/mol. The first-order chi connectivity index (χ1) is 9.77. The largest absolute Gasteiger partial charge is 0.319 e. The van der Waals surface area contributed by atoms with E-state index >= 15 is 0 Å². The molecule has 0 radical (unpaired) electrons. The number of carbonyl (C=O) groups is 1. The number of benzene rings is 1. The number of nitrogens with zero attached hydrogens (tertiary/aromatic N) is 1. The minimum Gasteiger partial charge on any atom is -0.319 e. The van der Waals surface area contributed by atoms with Crippen LogP contribution in [0.15, 0.2) is 41.6 Å². The molecular formula is C13H12FN3O3S. The van der Waals surface area contributed by atoms with Crippen LogP contribution in [0.2, 0.25) is 0 Å². The smallest absolute Gasteiger partial charge is 0.257 e. The second-order valence-corrected chi connectivity index (χ2v) is 5.95. The van der Waals surface area contributed by atoms with Crippen molar-refractivity contribution >= 4 is 21.6 Å². The molecule has 1 aromatic heterocycles. The maximum atomic E-state index is 13.8. The number of amides is 1. The Bertz CT molecular complexity index is 806. The van der Waals surface area contributed by atoms with Gasteiger partial charge in [0, 0.05) is 12.4 Å². The standard InChI is InChI=1S/C13H12FN3O3S/c1-8-4-9(7-16-6-8)13(18)17-12-3-2-10(5-11(12)14)21(15,19)20/h2-7H,1H3,(H,17,18)(H2,15,19,20). The number of aryl methyl sites for hydroxylation is 1. The summed E-state index contributed by atoms with van der Waals surface area (Å²) < 4.78 is 36.0. The molecule has 2 aromatic rings. The number of sulfonamides is 1. The third kappa shape index (κ3) is 3.61. The fourth-order valence-electron chi connectivity index (χ4n) is 1.65. The maximum absolute atomic E-state index is 13.8. The van der Waals surface area contributed by atoms with Crippen molar-refractivity contribution in [2.45, 2.75) is 11.8 Å². The molecule has 0 spiro atoms. The van der Waals surface area contributed by atoms with Gasteiger partial charge in [0.05, 0.1) is 16.1 Å². The summed E-state index contributed by atoms with van der Waals surface area (Å²) >= 11 is 0. The molecule has 110 valence electrons. The number of anilines is 1. The van der Waals surface area contributed by atoms with Crippen molar-refractivity contribution in [2.75, 3.05) is 5.32 Å². The number of rotatable bonds is 3. The second kappa shape index (κ2) is 5.58. The Morgan fingerprint density at radius 2 is 2.00 bits per heavy atom. The van der Waals surface area contributed by atoms with E-state index in [1.54, 1.807) is 19.2 Å². The van der Waals surface area contributed by atoms with E-state index in [0.717, 1.165) is 23.8 Å². The first-order valence-electron chi connectivity index (χ1n) is 5.83. The maximum Gasteiger partial charge on any atom is 0.257 e. The molecule has 3 N–H and O–H groups in total. The van der Waals surface area contributed by atoms with Crippen molar-refractivity contribution in [1.29, 1.82) is 0 Å². The van der Waals surface area contributed by atoms with Crippen molar-refractivity contribution in [3.63, 3.8) is 0 Å². The van der Waals surface area contributed by atoms with E-state index in [9.17, 15) is 17.6 Å². The minimum absolute atomic E-state index is 0.145. The molecule has 6 nitrogen and oxygen atoms in total. The van der Waals surface area contributed by atoms with Crippen molar-refractivity contribution in [1.82, 2.24) is 4.98 Å². The Kier molecular flexibility index (Phi) is 4.01. The number of nitrogens with one attached hydrogen (secondary N) is 1. The monoisotopic (exact) mass is 309 g/mol. The molecule has 1 amide bonds. The average molecular weight is 309 g/mol. The van der Waals surface area contributed by atoms with Gasteiger partial charge in [-0.05, 0) is 36.8 Å². The van der Waals surface area contributed by atoms with Crippen LogP contribution >= 0.6 is 0 Å². The first-order valence-corrected chi connectivity index (χ1v) is 7.37. The lowest BCUT2D eigenvalue weighted by Crippen LogP contribution is -2.15. The average Bonchev–Trinajstić information content (AvgIpc) is 2.39. The number of nitrogens with two attached hydrogens (primary N) is 1. The van der Waals surface area contributed by atoms with E-state index in [1.807, 2.05) is 0 Å². The van der Waals surface area contributed by atoms with Crippen LogP contribution in [-0.4, -0.2) is 19.3 Å². The molecule has 8 heteroatoms. The number of primary sulfonamides is 1. The van der Waals surface area contributed by atoms with Gasteiger partial charge < -0.3 is 5.32 Å². The Labute approximate surface area is 120 Å². The SMILES string of the molecule is Cc1cncc(C(=O)Nc2ccc(S(N)(=O)=O)cc2F)c1. The molecule has 1 aromatic carbocycles. The summed E-state index contributed by atoms with van der Waals surface area (Å²) in [6, 6.07) is 4.59. The number of hydrogen-bond donors (Lipinski definition) is 2. The molecular weight excluding hydrogens is 297 g/mol. The van der Waals surface area contributed by atoms with Gasteiger partial charge >= 0.3 is 0 Å². The van der Waals surface area contributed by atoms with Gasteiger partial charge in [0.2, 0.25) is 10.0 Å². The normalized spacial score (nSPS) is 11.2. The van der Waals surface area contributed by atoms with E-state index in [1.165, 1.54) is 6.20 Å². The van der Waals surface area contributed by atoms with Gasteiger partial charge in [0.25, 0.3) is 5.91 Å². The van der Waals surface area contributed by atoms with Crippen LogP contribution in [0.4, 0.5) is 10.1 Å². The van der Waals surface area contributed by atoms with Crippen LogP contribution in [-0.2, 0) is 10.0 Å². The van der Waals surface area contributed by atoms with Gasteiger partial charge in [-0.15, -0.1) is 0 Å². The third-order valence-electron chi connectivity index (χ3n) is 2.65. The summed E-state index contributed by atoms with van der Waals surface area (Å²) in [5.41, 5.74) is 0.909. The molecule has 21 heavy (non-hydrogen) atoms. The van der Waals surface area contributed by atoms with E-state index in [4.69, 9.17) is 5.14 Å². The van der Waals surface area contributed by atoms with Crippen LogP contribution in [0.1, 0.15) is 15.9 Å². The summed E-state index contributed by atoms with van der Waals surface area (Å²) in [6.07, 6.45) is 2.93. The van der Waals surface area contributed by atoms with Gasteiger partial charge in [0.1, 0.15) is 5.82 Å². The number of halogens is 1. The summed E-state index contributed by atoms with van der Waals surface area (Å²) in [5, 5.41) is 7.24. The zero-order valence-electron chi connectivity index (χ0n) is 11.0. The lowest BCUT2D eigenvalue weighted by molar-refractivity contribution is 0.102. The zero-order chi connectivity index (χ0) is 15.6. The lowest BCUT2D eigenvalue weighted by Gasteiger charge is -2.07. The van der Waals surface area contributed by atoms with Crippen molar-refractivity contribution in [3.05, 3.63) is 53.6 Å². The van der Waals surface area contributed by atoms with E-state index in [-0.39, 0.29) is 16.1 Å². The fraction of sp³-hybridized carbons (Fsp3) is 0.0769. The Balaban J connectivity index is 2.26. The Morgan fingerprint density at radius 1 is 1.29 bits per heavy atom. The second-order valence-electron chi connectivity index (χ2n) is 4.39. The Hall–Kier alpha value is -2.32. The summed E-state index contributed by atoms with van der Waals surface area (Å²) in [5.74, 6) is -1.44. The van der Waals surface area contributed by atoms with Crippen molar-refractivity contribution in [3.8, 4) is 0 Å². The summed E-state index contributed by atoms with van der Waals surface area (Å²) in [6.45, 7) is 1.77. The van der Waals surface area contributed by atoms with Crippen LogP contribution in [0.25, 0.3) is 0 Å². The molecule has 0 atom stereocenters. The zero-order valence-corrected chi connectivity index (χ0v) is 11.8. The van der Waals surface area contributed by atoms with Crippen LogP contribution in [0.3, 0.4) is 0 Å². The molecule has 1 heterocycles. The highest BCUT2D eigenvalue weighted by Crippen LogP contribution is 2.19. The van der Waals surface area contributed by atoms with E-state index in [0.29, 0.717) is 0 Å². The molecule has 0 saturated heterocycles. The number of carbonyl (C=O) groups excluding carboxylic acids is 1. The fourth-order valence-corrected chi connectivity index (χ4v) is 2.17. The molecule has 0 bridgehead atoms. The molecule has 2 rings (SSSR count). The van der Waals surface area contributed by atoms with Crippen molar-refractivity contribution in [2.24, 2.45) is 5.14 Å². The molecule has 0 saturated carbocycles. The summed E-state index contributed by atoms with van der Waals surface area (Å²) in [4.78, 5) is 15.4. The quantitative estimate of drug-likeness (QED) is 0.895. The van der Waals surface area contributed by atoms with Gasteiger partial charge in [-0.3, -0.25) is 9.78 Å². The highest BCUT2D eigenvalue weighted by Gasteiger charge is 2.14. The van der Waals surface area contributed by atoms with Crippen LogP contribution in [0.5, 0.6) is 0 Å². The highest BCUT2D eigenvalue weighted by molar-refractivity contribution is 7.89. The van der Waals surface area contributed by atoms with Crippen molar-refractivity contribution < 1.29 is 17.6 Å². The first kappa shape index (κ1) is 15.1. The topological polar surface area (TPSA) is 102 Å². The minimum atomic E-state index is -3.99. The number of hydrogen-bond acceptors (Lipinski definition) is 4. The van der Waals surface area contributed by atoms with Crippen LogP contribution in [0, 0.1) is 12.7 Å². The van der Waals surface area contributed by atoms with Gasteiger partial charge in [-0.1, -0.05) is 0 Å². The highest BCUT2D eigenvalue weighted by atomic mass is 32.2. The van der Waals surface area contributed by atoms with Gasteiger partial charge in [-0.25, -0.2) is 17.9 Å². The van der Waals surface area contributed by atoms with E-state index < -0.39 is 21.7 Å². The lowest BCUT2D eigenvalue weighted by atomic mass is 10.2. The summed E-state index contributed by atoms with van der Waals surface area (Å²) in [7, 11) is -3.99.